The van der Waals surface area contributed by atoms with E-state index in [1.54, 1.807) is 6.07 Å². The van der Waals surface area contributed by atoms with Gasteiger partial charge in [0.2, 0.25) is 5.95 Å². The molecule has 3 rings (SSSR count). The van der Waals surface area contributed by atoms with Crippen LogP contribution in [0.1, 0.15) is 44.7 Å². The summed E-state index contributed by atoms with van der Waals surface area (Å²) in [6, 6.07) is 7.21. The zero-order valence-electron chi connectivity index (χ0n) is 13.2. The number of benzene rings is 1. The highest BCUT2D eigenvalue weighted by molar-refractivity contribution is 9.10. The van der Waals surface area contributed by atoms with Gasteiger partial charge < -0.3 is 10.6 Å². The third-order valence-electron chi connectivity index (χ3n) is 3.92. The molecule has 0 amide bonds. The third-order valence-corrected chi connectivity index (χ3v) is 4.56. The van der Waals surface area contributed by atoms with Crippen molar-refractivity contribution in [2.75, 3.05) is 10.6 Å². The second-order valence-corrected chi connectivity index (χ2v) is 6.84. The molecule has 23 heavy (non-hydrogen) atoms. The Balaban J connectivity index is 1.86. The molecule has 1 heterocycles. The van der Waals surface area contributed by atoms with Crippen LogP contribution < -0.4 is 10.6 Å². The van der Waals surface area contributed by atoms with Gasteiger partial charge in [-0.25, -0.2) is 9.37 Å². The molecule has 1 aromatic heterocycles. The van der Waals surface area contributed by atoms with Gasteiger partial charge >= 0.3 is 0 Å². The Bertz CT molecular complexity index is 703. The number of rotatable bonds is 6. The van der Waals surface area contributed by atoms with Gasteiger partial charge in [0, 0.05) is 23.7 Å². The quantitative estimate of drug-likeness (QED) is 0.724. The fourth-order valence-electron chi connectivity index (χ4n) is 2.23. The highest BCUT2D eigenvalue weighted by Gasteiger charge is 2.26. The van der Waals surface area contributed by atoms with Gasteiger partial charge in [0.25, 0.3) is 0 Å². The van der Waals surface area contributed by atoms with Crippen LogP contribution in [-0.2, 0) is 0 Å². The summed E-state index contributed by atoms with van der Waals surface area (Å²) in [6.45, 7) is 4.22. The summed E-state index contributed by atoms with van der Waals surface area (Å²) >= 11 is 3.16. The van der Waals surface area contributed by atoms with Gasteiger partial charge in [0.1, 0.15) is 11.6 Å². The molecule has 1 saturated carbocycles. The van der Waals surface area contributed by atoms with Crippen molar-refractivity contribution in [2.24, 2.45) is 0 Å². The molecular formula is C17H20BrFN4. The van der Waals surface area contributed by atoms with Gasteiger partial charge in [-0.05, 0) is 60.3 Å². The topological polar surface area (TPSA) is 49.8 Å². The summed E-state index contributed by atoms with van der Waals surface area (Å²) in [5, 5.41) is 6.49. The van der Waals surface area contributed by atoms with E-state index in [2.05, 4.69) is 50.4 Å². The Kier molecular flexibility index (Phi) is 4.80. The second kappa shape index (κ2) is 6.83. The van der Waals surface area contributed by atoms with Crippen molar-refractivity contribution in [1.82, 2.24) is 9.97 Å². The number of nitrogens with zero attached hydrogens (tertiary/aromatic N) is 2. The van der Waals surface area contributed by atoms with Gasteiger partial charge in [0.15, 0.2) is 0 Å². The summed E-state index contributed by atoms with van der Waals surface area (Å²) in [4.78, 5) is 9.12. The first-order valence-corrected chi connectivity index (χ1v) is 8.72. The number of hydrogen-bond acceptors (Lipinski definition) is 4. The molecule has 0 bridgehead atoms. The number of nitrogens with one attached hydrogen (secondary N) is 2. The molecule has 2 N–H and O–H groups in total. The van der Waals surface area contributed by atoms with E-state index >= 15 is 0 Å². The van der Waals surface area contributed by atoms with E-state index in [1.165, 1.54) is 18.9 Å². The zero-order chi connectivity index (χ0) is 16.4. The summed E-state index contributed by atoms with van der Waals surface area (Å²) in [7, 11) is 0. The molecular weight excluding hydrogens is 359 g/mol. The van der Waals surface area contributed by atoms with Gasteiger partial charge in [-0.3, -0.25) is 0 Å². The summed E-state index contributed by atoms with van der Waals surface area (Å²) in [5.41, 5.74) is 1.71. The molecule has 1 fully saturated rings. The molecule has 0 unspecified atom stereocenters. The molecule has 1 aliphatic carbocycles. The lowest BCUT2D eigenvalue weighted by molar-refractivity contribution is 0.622. The van der Waals surface area contributed by atoms with E-state index in [9.17, 15) is 4.39 Å². The lowest BCUT2D eigenvalue weighted by Gasteiger charge is -2.14. The third kappa shape index (κ3) is 4.19. The first-order chi connectivity index (χ1) is 11.0. The van der Waals surface area contributed by atoms with Crippen LogP contribution in [0.4, 0.5) is 21.8 Å². The average Bonchev–Trinajstić information content (AvgIpc) is 3.35. The molecule has 0 spiro atoms. The monoisotopic (exact) mass is 378 g/mol. The van der Waals surface area contributed by atoms with Crippen molar-refractivity contribution in [2.45, 2.75) is 45.1 Å². The molecule has 2 aromatic rings. The molecule has 4 nitrogen and oxygen atoms in total. The Morgan fingerprint density at radius 3 is 2.74 bits per heavy atom. The molecule has 6 heteroatoms. The van der Waals surface area contributed by atoms with Crippen molar-refractivity contribution < 1.29 is 4.39 Å². The van der Waals surface area contributed by atoms with Gasteiger partial charge in [0.05, 0.1) is 10.2 Å². The lowest BCUT2D eigenvalue weighted by Crippen LogP contribution is -2.16. The first kappa shape index (κ1) is 16.2. The fraction of sp³-hybridized carbons (Fsp3) is 0.412. The van der Waals surface area contributed by atoms with E-state index in [-0.39, 0.29) is 5.82 Å². The normalized spacial score (nSPS) is 15.3. The SMILES string of the molecule is CC[C@H](C)Nc1nc(Nc2ccc(Br)c(F)c2)cc(C2CC2)n1. The van der Waals surface area contributed by atoms with Crippen LogP contribution >= 0.6 is 15.9 Å². The van der Waals surface area contributed by atoms with E-state index in [0.29, 0.717) is 33.9 Å². The Morgan fingerprint density at radius 2 is 2.09 bits per heavy atom. The largest absolute Gasteiger partial charge is 0.352 e. The minimum Gasteiger partial charge on any atom is -0.352 e. The number of hydrogen-bond donors (Lipinski definition) is 2. The van der Waals surface area contributed by atoms with E-state index in [1.807, 2.05) is 12.1 Å². The first-order valence-electron chi connectivity index (χ1n) is 7.92. The van der Waals surface area contributed by atoms with Crippen LogP contribution in [0.15, 0.2) is 28.7 Å². The Morgan fingerprint density at radius 1 is 1.30 bits per heavy atom. The van der Waals surface area contributed by atoms with Crippen molar-refractivity contribution in [1.29, 1.82) is 0 Å². The summed E-state index contributed by atoms with van der Waals surface area (Å²) in [5.74, 6) is 1.54. The molecule has 122 valence electrons. The summed E-state index contributed by atoms with van der Waals surface area (Å²) in [6.07, 6.45) is 3.34. The van der Waals surface area contributed by atoms with Crippen molar-refractivity contribution in [3.8, 4) is 0 Å². The lowest BCUT2D eigenvalue weighted by atomic mass is 10.2. The second-order valence-electron chi connectivity index (χ2n) is 5.98. The predicted octanol–water partition coefficient (Wildman–Crippen LogP) is 5.21. The van der Waals surface area contributed by atoms with Crippen molar-refractivity contribution >= 4 is 33.4 Å². The minimum absolute atomic E-state index is 0.301. The fourth-order valence-corrected chi connectivity index (χ4v) is 2.47. The zero-order valence-corrected chi connectivity index (χ0v) is 14.8. The smallest absolute Gasteiger partial charge is 0.225 e. The van der Waals surface area contributed by atoms with Crippen LogP contribution in [-0.4, -0.2) is 16.0 Å². The van der Waals surface area contributed by atoms with Crippen LogP contribution in [0.25, 0.3) is 0 Å². The van der Waals surface area contributed by atoms with Crippen LogP contribution in [0.2, 0.25) is 0 Å². The predicted molar refractivity (Wildman–Crippen MR) is 94.8 cm³/mol. The highest BCUT2D eigenvalue weighted by Crippen LogP contribution is 2.40. The standard InChI is InChI=1S/C17H20BrFN4/c1-3-10(2)20-17-22-15(11-4-5-11)9-16(23-17)21-12-6-7-13(18)14(19)8-12/h6-11H,3-5H2,1-2H3,(H2,20,21,22,23)/t10-/m0/s1. The van der Waals surface area contributed by atoms with Crippen LogP contribution in [0.3, 0.4) is 0 Å². The van der Waals surface area contributed by atoms with Crippen LogP contribution in [0.5, 0.6) is 0 Å². The molecule has 0 aliphatic heterocycles. The van der Waals surface area contributed by atoms with Gasteiger partial charge in [-0.2, -0.15) is 4.98 Å². The average molecular weight is 379 g/mol. The number of anilines is 3. The van der Waals surface area contributed by atoms with Crippen LogP contribution in [0, 0.1) is 5.82 Å². The van der Waals surface area contributed by atoms with E-state index in [0.717, 1.165) is 12.1 Å². The Labute approximate surface area is 144 Å². The van der Waals surface area contributed by atoms with E-state index < -0.39 is 0 Å². The highest BCUT2D eigenvalue weighted by atomic mass is 79.9. The Hall–Kier alpha value is -1.69. The van der Waals surface area contributed by atoms with Crippen molar-refractivity contribution in [3.05, 3.63) is 40.2 Å². The minimum atomic E-state index is -0.301. The van der Waals surface area contributed by atoms with E-state index in [4.69, 9.17) is 0 Å². The maximum atomic E-state index is 13.7. The maximum Gasteiger partial charge on any atom is 0.225 e. The molecule has 1 aromatic carbocycles. The molecule has 0 radical (unpaired) electrons. The molecule has 0 saturated heterocycles. The number of aromatic nitrogens is 2. The molecule has 1 atom stereocenters. The number of halogens is 2. The molecule has 1 aliphatic rings. The van der Waals surface area contributed by atoms with Crippen molar-refractivity contribution in [3.63, 3.8) is 0 Å². The summed E-state index contributed by atoms with van der Waals surface area (Å²) < 4.78 is 14.1. The maximum absolute atomic E-state index is 13.7. The van der Waals surface area contributed by atoms with Gasteiger partial charge in [-0.15, -0.1) is 0 Å². The van der Waals surface area contributed by atoms with Gasteiger partial charge in [-0.1, -0.05) is 6.92 Å².